The Morgan fingerprint density at radius 1 is 0.380 bits per heavy atom. The van der Waals surface area contributed by atoms with E-state index in [1.165, 1.54) is 81.9 Å². The number of nitrogens with zero attached hydrogens (tertiary/aromatic N) is 1. The van der Waals surface area contributed by atoms with Crippen LogP contribution in [0.5, 0.6) is 0 Å². The Morgan fingerprint density at radius 3 is 1.00 bits per heavy atom. The molecular formula is C39H67NO10. The first-order valence-electron chi connectivity index (χ1n) is 19.3. The topological polar surface area (TPSA) is 111 Å². The fourth-order valence-corrected chi connectivity index (χ4v) is 5.46. The van der Waals surface area contributed by atoms with E-state index in [9.17, 15) is 9.59 Å². The Bertz CT molecular complexity index is 914. The van der Waals surface area contributed by atoms with Crippen molar-refractivity contribution in [3.05, 3.63) is 35.4 Å². The first-order valence-corrected chi connectivity index (χ1v) is 19.3. The Morgan fingerprint density at radius 2 is 0.660 bits per heavy atom. The summed E-state index contributed by atoms with van der Waals surface area (Å²) in [5.74, 6) is -0.541. The largest absolute Gasteiger partial charge is 0.379 e. The molecule has 0 aromatic heterocycles. The third kappa shape index (κ3) is 22.8. The third-order valence-corrected chi connectivity index (χ3v) is 8.33. The van der Waals surface area contributed by atoms with Crippen LogP contribution in [0.25, 0.3) is 0 Å². The minimum Gasteiger partial charge on any atom is -0.379 e. The van der Waals surface area contributed by atoms with Crippen molar-refractivity contribution < 1.29 is 47.5 Å². The molecule has 288 valence electrons. The number of hydrogen-bond donors (Lipinski definition) is 0. The number of carbonyl (C=O) groups excluding carboxylic acids is 2. The van der Waals surface area contributed by atoms with Crippen molar-refractivity contribution in [2.24, 2.45) is 0 Å². The first-order chi connectivity index (χ1) is 24.8. The van der Waals surface area contributed by atoms with Crippen molar-refractivity contribution in [1.29, 1.82) is 0 Å². The van der Waals surface area contributed by atoms with Crippen LogP contribution in [0.2, 0.25) is 0 Å². The third-order valence-electron chi connectivity index (χ3n) is 8.33. The Labute approximate surface area is 301 Å². The highest BCUT2D eigenvalue weighted by Gasteiger charge is 2.34. The number of unbranched alkanes of at least 4 members (excludes halogenated alkanes) is 12. The average molecular weight is 710 g/mol. The summed E-state index contributed by atoms with van der Waals surface area (Å²) < 4.78 is 44.2. The van der Waals surface area contributed by atoms with E-state index in [1.807, 2.05) is 0 Å². The molecule has 0 saturated heterocycles. The lowest BCUT2D eigenvalue weighted by molar-refractivity contribution is -0.0233. The molecule has 1 aromatic carbocycles. The summed E-state index contributed by atoms with van der Waals surface area (Å²) in [4.78, 5) is 25.8. The van der Waals surface area contributed by atoms with Gasteiger partial charge in [0.2, 0.25) is 0 Å². The lowest BCUT2D eigenvalue weighted by Gasteiger charge is -2.13. The van der Waals surface area contributed by atoms with Gasteiger partial charge in [0.1, 0.15) is 0 Å². The van der Waals surface area contributed by atoms with Gasteiger partial charge in [-0.05, 0) is 18.6 Å². The maximum atomic E-state index is 12.3. The molecule has 50 heavy (non-hydrogen) atoms. The zero-order valence-corrected chi connectivity index (χ0v) is 31.1. The van der Waals surface area contributed by atoms with Gasteiger partial charge in [-0.1, -0.05) is 96.1 Å². The maximum absolute atomic E-state index is 12.3. The van der Waals surface area contributed by atoms with Crippen molar-refractivity contribution in [1.82, 2.24) is 4.90 Å². The van der Waals surface area contributed by atoms with Gasteiger partial charge in [0.05, 0.1) is 117 Å². The average Bonchev–Trinajstić information content (AvgIpc) is 3.37. The second-order valence-corrected chi connectivity index (χ2v) is 12.4. The Kier molecular flexibility index (Phi) is 29.1. The predicted molar refractivity (Wildman–Crippen MR) is 194 cm³/mol. The minimum absolute atomic E-state index is 0.222. The Balaban J connectivity index is 1.16. The highest BCUT2D eigenvalue weighted by atomic mass is 16.6. The van der Waals surface area contributed by atoms with Gasteiger partial charge < -0.3 is 37.9 Å². The van der Waals surface area contributed by atoms with Gasteiger partial charge in [-0.3, -0.25) is 14.5 Å². The highest BCUT2D eigenvalue weighted by molar-refractivity contribution is 6.21. The standard InChI is InChI=1S/C39H67NO10/c1-2-3-4-5-6-7-8-9-10-11-12-13-16-20-43-22-24-45-26-28-47-30-32-49-34-35-50-33-31-48-29-27-46-25-23-44-21-19-40-38(41)36-17-14-15-18-37(36)39(40)42/h14-15,17-18H,2-13,16,19-35H2,1H3. The zero-order valence-electron chi connectivity index (χ0n) is 31.1. The van der Waals surface area contributed by atoms with E-state index in [0.29, 0.717) is 104 Å². The molecule has 0 radical (unpaired) electrons. The molecule has 0 aliphatic carbocycles. The molecule has 0 fully saturated rings. The van der Waals surface area contributed by atoms with Crippen LogP contribution in [0.15, 0.2) is 24.3 Å². The van der Waals surface area contributed by atoms with Gasteiger partial charge in [-0.2, -0.15) is 0 Å². The number of rotatable bonds is 38. The van der Waals surface area contributed by atoms with Gasteiger partial charge in [0.25, 0.3) is 11.8 Å². The van der Waals surface area contributed by atoms with E-state index in [4.69, 9.17) is 37.9 Å². The van der Waals surface area contributed by atoms with Crippen molar-refractivity contribution in [3.63, 3.8) is 0 Å². The normalized spacial score (nSPS) is 12.8. The fraction of sp³-hybridized carbons (Fsp3) is 0.795. The van der Waals surface area contributed by atoms with Crippen molar-refractivity contribution in [3.8, 4) is 0 Å². The molecule has 0 N–H and O–H groups in total. The van der Waals surface area contributed by atoms with Crippen LogP contribution in [0.3, 0.4) is 0 Å². The second kappa shape index (κ2) is 32.9. The number of benzene rings is 1. The molecule has 0 spiro atoms. The van der Waals surface area contributed by atoms with Crippen LogP contribution in [-0.4, -0.2) is 129 Å². The summed E-state index contributed by atoms with van der Waals surface area (Å²) >= 11 is 0. The van der Waals surface area contributed by atoms with Crippen molar-refractivity contribution >= 4 is 11.8 Å². The summed E-state index contributed by atoms with van der Waals surface area (Å²) in [6.07, 6.45) is 17.7. The number of imide groups is 1. The molecule has 1 heterocycles. The van der Waals surface area contributed by atoms with E-state index in [0.717, 1.165) is 13.0 Å². The molecule has 11 nitrogen and oxygen atoms in total. The van der Waals surface area contributed by atoms with E-state index < -0.39 is 0 Å². The van der Waals surface area contributed by atoms with Gasteiger partial charge in [0, 0.05) is 6.61 Å². The number of carbonyl (C=O) groups is 2. The minimum atomic E-state index is -0.271. The number of hydrogen-bond acceptors (Lipinski definition) is 10. The molecule has 0 atom stereocenters. The summed E-state index contributed by atoms with van der Waals surface area (Å²) in [5.41, 5.74) is 0.897. The van der Waals surface area contributed by atoms with Gasteiger partial charge in [-0.15, -0.1) is 0 Å². The van der Waals surface area contributed by atoms with E-state index >= 15 is 0 Å². The SMILES string of the molecule is CCCCCCCCCCCCCCCOCCOCCOCCOCCOCCOCCOCCOCCN1C(=O)c2ccccc2C1=O. The first kappa shape index (κ1) is 44.2. The van der Waals surface area contributed by atoms with Crippen LogP contribution < -0.4 is 0 Å². The zero-order chi connectivity index (χ0) is 35.6. The maximum Gasteiger partial charge on any atom is 0.261 e. The number of ether oxygens (including phenoxy) is 8. The van der Waals surface area contributed by atoms with Crippen molar-refractivity contribution in [2.75, 3.05) is 112 Å². The van der Waals surface area contributed by atoms with Gasteiger partial charge in [-0.25, -0.2) is 0 Å². The molecule has 0 unspecified atom stereocenters. The smallest absolute Gasteiger partial charge is 0.261 e. The van der Waals surface area contributed by atoms with Crippen LogP contribution in [0.1, 0.15) is 111 Å². The van der Waals surface area contributed by atoms with Crippen LogP contribution >= 0.6 is 0 Å². The summed E-state index contributed by atoms with van der Waals surface area (Å²) in [6, 6.07) is 6.84. The predicted octanol–water partition coefficient (Wildman–Crippen LogP) is 6.51. The molecular weight excluding hydrogens is 642 g/mol. The fourth-order valence-electron chi connectivity index (χ4n) is 5.46. The summed E-state index contributed by atoms with van der Waals surface area (Å²) in [6.45, 7) is 10.7. The number of amides is 2. The van der Waals surface area contributed by atoms with E-state index in [2.05, 4.69) is 6.92 Å². The van der Waals surface area contributed by atoms with Crippen LogP contribution in [0, 0.1) is 0 Å². The lowest BCUT2D eigenvalue weighted by Crippen LogP contribution is -2.33. The summed E-state index contributed by atoms with van der Waals surface area (Å²) in [7, 11) is 0. The molecule has 1 aliphatic rings. The molecule has 1 aliphatic heterocycles. The molecule has 11 heteroatoms. The Hall–Kier alpha value is -1.96. The van der Waals surface area contributed by atoms with Crippen LogP contribution in [-0.2, 0) is 37.9 Å². The monoisotopic (exact) mass is 709 g/mol. The highest BCUT2D eigenvalue weighted by Crippen LogP contribution is 2.22. The van der Waals surface area contributed by atoms with Crippen LogP contribution in [0.4, 0.5) is 0 Å². The lowest BCUT2D eigenvalue weighted by atomic mass is 10.0. The van der Waals surface area contributed by atoms with Crippen molar-refractivity contribution in [2.45, 2.75) is 90.4 Å². The van der Waals surface area contributed by atoms with Gasteiger partial charge in [0.15, 0.2) is 0 Å². The molecule has 2 amide bonds. The molecule has 0 saturated carbocycles. The van der Waals surface area contributed by atoms with E-state index in [-0.39, 0.29) is 25.0 Å². The molecule has 2 rings (SSSR count). The second-order valence-electron chi connectivity index (χ2n) is 12.4. The van der Waals surface area contributed by atoms with E-state index in [1.54, 1.807) is 24.3 Å². The summed E-state index contributed by atoms with van der Waals surface area (Å²) in [5, 5.41) is 0. The molecule has 1 aromatic rings. The number of fused-ring (bicyclic) bond motifs is 1. The molecule has 0 bridgehead atoms. The quantitative estimate of drug-likeness (QED) is 0.0557. The van der Waals surface area contributed by atoms with Gasteiger partial charge >= 0.3 is 0 Å².